The molecule has 0 aliphatic heterocycles. The molecule has 0 aromatic heterocycles. The number of phenolic OH excluding ortho intramolecular Hbond substituents is 1. The number of phenols is 1. The van der Waals surface area contributed by atoms with E-state index >= 15 is 0 Å². The van der Waals surface area contributed by atoms with E-state index in [-0.39, 0.29) is 17.5 Å². The summed E-state index contributed by atoms with van der Waals surface area (Å²) in [6, 6.07) is 12.8. The Bertz CT molecular complexity index is 528. The zero-order chi connectivity index (χ0) is 13.7. The summed E-state index contributed by atoms with van der Waals surface area (Å²) in [5.74, 6) is 0.373. The summed E-state index contributed by atoms with van der Waals surface area (Å²) >= 11 is 0. The average molecular weight is 261 g/mol. The smallest absolute Gasteiger partial charge is 0.126 e. The fourth-order valence-corrected chi connectivity index (χ4v) is 1.80. The van der Waals surface area contributed by atoms with Gasteiger partial charge in [0.25, 0.3) is 0 Å². The van der Waals surface area contributed by atoms with E-state index in [4.69, 9.17) is 10.5 Å². The van der Waals surface area contributed by atoms with Crippen LogP contribution in [0.3, 0.4) is 0 Å². The number of benzene rings is 2. The molecule has 1 atom stereocenters. The molecule has 0 saturated carbocycles. The normalized spacial score (nSPS) is 12.1. The van der Waals surface area contributed by atoms with E-state index in [2.05, 4.69) is 0 Å². The first-order valence-corrected chi connectivity index (χ1v) is 6.06. The van der Waals surface area contributed by atoms with Gasteiger partial charge in [0.2, 0.25) is 0 Å². The number of halogens is 1. The quantitative estimate of drug-likeness (QED) is 0.870. The maximum atomic E-state index is 13.0. The van der Waals surface area contributed by atoms with Crippen LogP contribution < -0.4 is 10.5 Å². The molecule has 0 heterocycles. The molecule has 0 radical (unpaired) electrons. The van der Waals surface area contributed by atoms with Crippen molar-refractivity contribution in [1.29, 1.82) is 0 Å². The van der Waals surface area contributed by atoms with Crippen LogP contribution in [0.5, 0.6) is 11.5 Å². The van der Waals surface area contributed by atoms with Crippen molar-refractivity contribution in [2.24, 2.45) is 5.73 Å². The van der Waals surface area contributed by atoms with Gasteiger partial charge in [-0.3, -0.25) is 0 Å². The lowest BCUT2D eigenvalue weighted by Gasteiger charge is -2.16. The second-order valence-corrected chi connectivity index (χ2v) is 4.29. The fourth-order valence-electron chi connectivity index (χ4n) is 1.80. The van der Waals surface area contributed by atoms with Gasteiger partial charge in [0.15, 0.2) is 0 Å². The fraction of sp³-hybridized carbons (Fsp3) is 0.200. The van der Waals surface area contributed by atoms with Gasteiger partial charge in [-0.05, 0) is 29.8 Å². The largest absolute Gasteiger partial charge is 0.508 e. The summed E-state index contributed by atoms with van der Waals surface area (Å²) in [6.07, 6.45) is 0. The lowest BCUT2D eigenvalue weighted by molar-refractivity contribution is 0.289. The van der Waals surface area contributed by atoms with Crippen LogP contribution in [0.1, 0.15) is 11.5 Å². The molecule has 19 heavy (non-hydrogen) atoms. The predicted molar refractivity (Wildman–Crippen MR) is 71.8 cm³/mol. The third-order valence-corrected chi connectivity index (χ3v) is 2.90. The Balaban J connectivity index is 2.01. The van der Waals surface area contributed by atoms with Crippen LogP contribution in [0.15, 0.2) is 48.5 Å². The minimum Gasteiger partial charge on any atom is -0.508 e. The van der Waals surface area contributed by atoms with Gasteiger partial charge in [0, 0.05) is 18.5 Å². The Morgan fingerprint density at radius 3 is 2.53 bits per heavy atom. The first kappa shape index (κ1) is 13.4. The van der Waals surface area contributed by atoms with Crippen molar-refractivity contribution in [2.75, 3.05) is 13.2 Å². The lowest BCUT2D eigenvalue weighted by Crippen LogP contribution is -2.19. The zero-order valence-corrected chi connectivity index (χ0v) is 10.4. The molecule has 0 spiro atoms. The highest BCUT2D eigenvalue weighted by Crippen LogP contribution is 2.20. The summed E-state index contributed by atoms with van der Waals surface area (Å²) in [5, 5.41) is 9.25. The van der Waals surface area contributed by atoms with E-state index in [0.29, 0.717) is 18.9 Å². The molecule has 0 amide bonds. The summed E-state index contributed by atoms with van der Waals surface area (Å²) in [5.41, 5.74) is 6.70. The first-order valence-electron chi connectivity index (χ1n) is 6.06. The Morgan fingerprint density at radius 1 is 1.16 bits per heavy atom. The molecule has 1 unspecified atom stereocenters. The first-order chi connectivity index (χ1) is 9.19. The second-order valence-electron chi connectivity index (χ2n) is 4.29. The molecule has 0 aliphatic carbocycles. The van der Waals surface area contributed by atoms with Crippen LogP contribution in [0.25, 0.3) is 0 Å². The molecule has 2 rings (SSSR count). The van der Waals surface area contributed by atoms with Crippen LogP contribution in [0, 0.1) is 5.82 Å². The monoisotopic (exact) mass is 261 g/mol. The molecule has 0 aliphatic rings. The van der Waals surface area contributed by atoms with Crippen LogP contribution in [-0.4, -0.2) is 18.3 Å². The van der Waals surface area contributed by atoms with Gasteiger partial charge in [-0.1, -0.05) is 18.2 Å². The number of nitrogens with two attached hydrogens (primary N) is 1. The number of aromatic hydroxyl groups is 1. The Hall–Kier alpha value is -2.07. The van der Waals surface area contributed by atoms with Crippen molar-refractivity contribution in [3.63, 3.8) is 0 Å². The number of ether oxygens (including phenoxy) is 1. The van der Waals surface area contributed by atoms with E-state index in [1.807, 2.05) is 12.1 Å². The number of hydrogen-bond acceptors (Lipinski definition) is 3. The van der Waals surface area contributed by atoms with Gasteiger partial charge < -0.3 is 15.6 Å². The third kappa shape index (κ3) is 3.69. The Morgan fingerprint density at radius 2 is 1.89 bits per heavy atom. The predicted octanol–water partition coefficient (Wildman–Crippen LogP) is 2.65. The summed E-state index contributed by atoms with van der Waals surface area (Å²) in [6.45, 7) is 0.783. The highest BCUT2D eigenvalue weighted by molar-refractivity contribution is 5.29. The summed E-state index contributed by atoms with van der Waals surface area (Å²) < 4.78 is 18.6. The van der Waals surface area contributed by atoms with Crippen LogP contribution in [-0.2, 0) is 0 Å². The van der Waals surface area contributed by atoms with Gasteiger partial charge in [-0.2, -0.15) is 0 Å². The van der Waals surface area contributed by atoms with E-state index in [0.717, 1.165) is 5.56 Å². The Labute approximate surface area is 111 Å². The molecular formula is C15H16FNO2. The lowest BCUT2D eigenvalue weighted by atomic mass is 10.0. The van der Waals surface area contributed by atoms with Gasteiger partial charge in [-0.25, -0.2) is 4.39 Å². The van der Waals surface area contributed by atoms with Crippen LogP contribution in [0.2, 0.25) is 0 Å². The minimum absolute atomic E-state index is 0.00358. The number of hydrogen-bond donors (Lipinski definition) is 2. The molecule has 2 aromatic carbocycles. The van der Waals surface area contributed by atoms with Crippen molar-refractivity contribution in [3.8, 4) is 11.5 Å². The average Bonchev–Trinajstić information content (AvgIpc) is 2.41. The van der Waals surface area contributed by atoms with Crippen molar-refractivity contribution in [3.05, 3.63) is 59.9 Å². The van der Waals surface area contributed by atoms with Crippen molar-refractivity contribution < 1.29 is 14.2 Å². The minimum atomic E-state index is -0.327. The van der Waals surface area contributed by atoms with Crippen LogP contribution >= 0.6 is 0 Å². The topological polar surface area (TPSA) is 55.5 Å². The van der Waals surface area contributed by atoms with Gasteiger partial charge in [0.1, 0.15) is 17.3 Å². The molecule has 0 bridgehead atoms. The molecule has 0 fully saturated rings. The van der Waals surface area contributed by atoms with Crippen LogP contribution in [0.4, 0.5) is 4.39 Å². The van der Waals surface area contributed by atoms with Gasteiger partial charge >= 0.3 is 0 Å². The molecule has 4 heteroatoms. The van der Waals surface area contributed by atoms with E-state index in [9.17, 15) is 9.50 Å². The molecule has 100 valence electrons. The number of rotatable bonds is 5. The Kier molecular flexibility index (Phi) is 4.36. The molecule has 3 nitrogen and oxygen atoms in total. The van der Waals surface area contributed by atoms with Crippen molar-refractivity contribution >= 4 is 0 Å². The van der Waals surface area contributed by atoms with E-state index < -0.39 is 0 Å². The molecule has 2 aromatic rings. The maximum absolute atomic E-state index is 13.0. The summed E-state index contributed by atoms with van der Waals surface area (Å²) in [7, 11) is 0. The third-order valence-electron chi connectivity index (χ3n) is 2.90. The van der Waals surface area contributed by atoms with E-state index in [1.165, 1.54) is 12.1 Å². The zero-order valence-electron chi connectivity index (χ0n) is 10.4. The second kappa shape index (κ2) is 6.20. The van der Waals surface area contributed by atoms with Crippen molar-refractivity contribution in [2.45, 2.75) is 5.92 Å². The molecule has 0 saturated heterocycles. The van der Waals surface area contributed by atoms with Crippen molar-refractivity contribution in [1.82, 2.24) is 0 Å². The molecule has 3 N–H and O–H groups in total. The summed E-state index contributed by atoms with van der Waals surface area (Å²) in [4.78, 5) is 0. The molecular weight excluding hydrogens is 245 g/mol. The highest BCUT2D eigenvalue weighted by atomic mass is 19.1. The standard InChI is InChI=1S/C15H16FNO2/c16-13-2-1-3-15(8-13)19-10-12(9-17)11-4-6-14(18)7-5-11/h1-8,12,18H,9-10,17H2. The van der Waals surface area contributed by atoms with E-state index in [1.54, 1.807) is 24.3 Å². The van der Waals surface area contributed by atoms with Gasteiger partial charge in [-0.15, -0.1) is 0 Å². The SMILES string of the molecule is NCC(COc1cccc(F)c1)c1ccc(O)cc1. The maximum Gasteiger partial charge on any atom is 0.126 e. The van der Waals surface area contributed by atoms with Gasteiger partial charge in [0.05, 0.1) is 6.61 Å². The highest BCUT2D eigenvalue weighted by Gasteiger charge is 2.11.